The van der Waals surface area contributed by atoms with E-state index in [1.807, 2.05) is 31.2 Å². The van der Waals surface area contributed by atoms with Gasteiger partial charge in [0.25, 0.3) is 0 Å². The number of carboxylic acids is 1. The molecule has 0 unspecified atom stereocenters. The molecule has 2 rings (SSSR count). The largest absolute Gasteiger partial charge is 0.480 e. The fraction of sp³-hybridized carbons (Fsp3) is 0.364. The van der Waals surface area contributed by atoms with Crippen molar-refractivity contribution >= 4 is 5.97 Å². The molecule has 0 saturated heterocycles. The molecule has 0 aromatic heterocycles. The molecule has 5 nitrogen and oxygen atoms in total. The van der Waals surface area contributed by atoms with Crippen LogP contribution in [0.15, 0.2) is 34.5 Å². The van der Waals surface area contributed by atoms with Gasteiger partial charge in [-0.15, -0.1) is 0 Å². The maximum absolute atomic E-state index is 10.6. The second kappa shape index (κ2) is 3.68. The van der Waals surface area contributed by atoms with Gasteiger partial charge in [0.2, 0.25) is 5.66 Å². The van der Waals surface area contributed by atoms with E-state index < -0.39 is 12.0 Å². The highest BCUT2D eigenvalue weighted by Gasteiger charge is 2.35. The van der Waals surface area contributed by atoms with Crippen LogP contribution in [0.1, 0.15) is 18.1 Å². The SMILES string of the molecule is CC1(c2ccc(C[C@H](N)C(=O)O)cc2)N=N1. The van der Waals surface area contributed by atoms with E-state index in [1.165, 1.54) is 0 Å². The number of nitrogens with two attached hydrogens (primary N) is 1. The van der Waals surface area contributed by atoms with Crippen molar-refractivity contribution in [3.63, 3.8) is 0 Å². The number of rotatable bonds is 4. The first-order chi connectivity index (χ1) is 7.51. The van der Waals surface area contributed by atoms with Gasteiger partial charge < -0.3 is 10.8 Å². The smallest absolute Gasteiger partial charge is 0.320 e. The molecule has 1 atom stereocenters. The summed E-state index contributed by atoms with van der Waals surface area (Å²) in [5.41, 5.74) is 6.99. The first-order valence-electron chi connectivity index (χ1n) is 5.03. The molecule has 0 radical (unpaired) electrons. The van der Waals surface area contributed by atoms with Crippen LogP contribution in [0.5, 0.6) is 0 Å². The third-order valence-electron chi connectivity index (χ3n) is 2.67. The molecule has 5 heteroatoms. The van der Waals surface area contributed by atoms with Gasteiger partial charge in [0.15, 0.2) is 0 Å². The Morgan fingerprint density at radius 3 is 2.44 bits per heavy atom. The summed E-state index contributed by atoms with van der Waals surface area (Å²) in [6.07, 6.45) is 0.334. The molecule has 16 heavy (non-hydrogen) atoms. The lowest BCUT2D eigenvalue weighted by Gasteiger charge is -2.08. The van der Waals surface area contributed by atoms with Gasteiger partial charge in [0, 0.05) is 5.56 Å². The van der Waals surface area contributed by atoms with E-state index in [9.17, 15) is 4.79 Å². The third-order valence-corrected chi connectivity index (χ3v) is 2.67. The molecule has 0 bridgehead atoms. The highest BCUT2D eigenvalue weighted by Crippen LogP contribution is 2.38. The Morgan fingerprint density at radius 1 is 1.44 bits per heavy atom. The van der Waals surface area contributed by atoms with Gasteiger partial charge in [-0.2, -0.15) is 10.2 Å². The van der Waals surface area contributed by atoms with Crippen LogP contribution >= 0.6 is 0 Å². The fourth-order valence-corrected chi connectivity index (χ4v) is 1.49. The fourth-order valence-electron chi connectivity index (χ4n) is 1.49. The molecule has 1 aromatic carbocycles. The number of hydrogen-bond donors (Lipinski definition) is 2. The summed E-state index contributed by atoms with van der Waals surface area (Å²) in [4.78, 5) is 10.6. The molecule has 84 valence electrons. The van der Waals surface area contributed by atoms with Crippen molar-refractivity contribution in [2.45, 2.75) is 25.0 Å². The Bertz CT molecular complexity index is 433. The molecule has 1 aliphatic rings. The van der Waals surface area contributed by atoms with Crippen LogP contribution in [0.2, 0.25) is 0 Å². The predicted molar refractivity (Wildman–Crippen MR) is 58.0 cm³/mol. The van der Waals surface area contributed by atoms with E-state index in [0.29, 0.717) is 6.42 Å². The lowest BCUT2D eigenvalue weighted by Crippen LogP contribution is -2.32. The molecular formula is C11H13N3O2. The Kier molecular flexibility index (Phi) is 2.47. The Morgan fingerprint density at radius 2 is 2.00 bits per heavy atom. The number of carbonyl (C=O) groups is 1. The summed E-state index contributed by atoms with van der Waals surface area (Å²) >= 11 is 0. The second-order valence-corrected chi connectivity index (χ2v) is 4.07. The van der Waals surface area contributed by atoms with E-state index in [4.69, 9.17) is 10.8 Å². The second-order valence-electron chi connectivity index (χ2n) is 4.07. The van der Waals surface area contributed by atoms with Crippen molar-refractivity contribution in [2.75, 3.05) is 0 Å². The third kappa shape index (κ3) is 2.09. The zero-order valence-electron chi connectivity index (χ0n) is 8.92. The van der Waals surface area contributed by atoms with Crippen LogP contribution in [-0.2, 0) is 16.9 Å². The lowest BCUT2D eigenvalue weighted by molar-refractivity contribution is -0.138. The van der Waals surface area contributed by atoms with Gasteiger partial charge >= 0.3 is 5.97 Å². The molecule has 0 spiro atoms. The number of aliphatic carboxylic acids is 1. The summed E-state index contributed by atoms with van der Waals surface area (Å²) < 4.78 is 0. The monoisotopic (exact) mass is 219 g/mol. The number of nitrogens with zero attached hydrogens (tertiary/aromatic N) is 2. The van der Waals surface area contributed by atoms with Gasteiger partial charge in [0.1, 0.15) is 6.04 Å². The standard InChI is InChI=1S/C11H13N3O2/c1-11(13-14-11)8-4-2-7(3-5-8)6-9(12)10(15)16/h2-5,9H,6,12H2,1H3,(H,15,16)/t9-/m0/s1. The Balaban J connectivity index is 2.05. The number of benzene rings is 1. The van der Waals surface area contributed by atoms with E-state index in [0.717, 1.165) is 11.1 Å². The molecule has 1 aromatic rings. The maximum Gasteiger partial charge on any atom is 0.320 e. The number of carboxylic acid groups (broad SMARTS) is 1. The number of hydrogen-bond acceptors (Lipinski definition) is 4. The molecule has 1 aliphatic heterocycles. The van der Waals surface area contributed by atoms with Crippen LogP contribution < -0.4 is 5.73 Å². The Hall–Kier alpha value is -1.75. The average Bonchev–Trinajstić information content (AvgIpc) is 2.98. The molecular weight excluding hydrogens is 206 g/mol. The van der Waals surface area contributed by atoms with E-state index in [1.54, 1.807) is 0 Å². The molecule has 0 amide bonds. The first-order valence-corrected chi connectivity index (χ1v) is 5.03. The highest BCUT2D eigenvalue weighted by atomic mass is 16.4. The molecule has 3 N–H and O–H groups in total. The quantitative estimate of drug-likeness (QED) is 0.799. The Labute approximate surface area is 93.0 Å². The topological polar surface area (TPSA) is 88.0 Å². The van der Waals surface area contributed by atoms with Gasteiger partial charge in [-0.25, -0.2) is 0 Å². The van der Waals surface area contributed by atoms with Crippen molar-refractivity contribution in [1.82, 2.24) is 0 Å². The summed E-state index contributed by atoms with van der Waals surface area (Å²) in [6, 6.07) is 6.70. The van der Waals surface area contributed by atoms with E-state index in [-0.39, 0.29) is 5.66 Å². The van der Waals surface area contributed by atoms with Crippen LogP contribution in [0, 0.1) is 0 Å². The van der Waals surface area contributed by atoms with Gasteiger partial charge in [-0.05, 0) is 18.9 Å². The zero-order chi connectivity index (χ0) is 11.8. The van der Waals surface area contributed by atoms with Crippen molar-refractivity contribution in [2.24, 2.45) is 16.0 Å². The average molecular weight is 219 g/mol. The minimum Gasteiger partial charge on any atom is -0.480 e. The van der Waals surface area contributed by atoms with Crippen molar-refractivity contribution < 1.29 is 9.90 Å². The summed E-state index contributed by atoms with van der Waals surface area (Å²) in [6.45, 7) is 1.92. The van der Waals surface area contributed by atoms with Gasteiger partial charge in [-0.1, -0.05) is 24.3 Å². The van der Waals surface area contributed by atoms with Crippen molar-refractivity contribution in [3.8, 4) is 0 Å². The van der Waals surface area contributed by atoms with Crippen molar-refractivity contribution in [3.05, 3.63) is 35.4 Å². The summed E-state index contributed by atoms with van der Waals surface area (Å²) in [7, 11) is 0. The van der Waals surface area contributed by atoms with E-state index in [2.05, 4.69) is 10.2 Å². The maximum atomic E-state index is 10.6. The van der Waals surface area contributed by atoms with Gasteiger partial charge in [-0.3, -0.25) is 4.79 Å². The van der Waals surface area contributed by atoms with Crippen LogP contribution in [0.25, 0.3) is 0 Å². The molecule has 1 heterocycles. The first kappa shape index (κ1) is 10.8. The minimum atomic E-state index is -0.983. The normalized spacial score (nSPS) is 18.1. The summed E-state index contributed by atoms with van der Waals surface area (Å²) in [5.74, 6) is -0.983. The van der Waals surface area contributed by atoms with Gasteiger partial charge in [0.05, 0.1) is 0 Å². The lowest BCUT2D eigenvalue weighted by atomic mass is 10.0. The van der Waals surface area contributed by atoms with Crippen LogP contribution in [-0.4, -0.2) is 17.1 Å². The summed E-state index contributed by atoms with van der Waals surface area (Å²) in [5, 5.41) is 16.5. The van der Waals surface area contributed by atoms with Crippen LogP contribution in [0.4, 0.5) is 0 Å². The molecule has 0 saturated carbocycles. The predicted octanol–water partition coefficient (Wildman–Crippen LogP) is 1.28. The van der Waals surface area contributed by atoms with Crippen molar-refractivity contribution in [1.29, 1.82) is 0 Å². The molecule has 0 aliphatic carbocycles. The zero-order valence-corrected chi connectivity index (χ0v) is 8.92. The minimum absolute atomic E-state index is 0.334. The molecule has 0 fully saturated rings. The highest BCUT2D eigenvalue weighted by molar-refractivity contribution is 5.73. The van der Waals surface area contributed by atoms with Crippen LogP contribution in [0.3, 0.4) is 0 Å². The van der Waals surface area contributed by atoms with E-state index >= 15 is 0 Å².